The topological polar surface area (TPSA) is 50.1 Å². The molecule has 0 fully saturated rings. The van der Waals surface area contributed by atoms with Crippen LogP contribution in [0.2, 0.25) is 0 Å². The van der Waals surface area contributed by atoms with E-state index >= 15 is 0 Å². The standard InChI is InChI=1S/C17H13NO2S/c18-9-12-6-7-17-14(8-12)15(11-21-17)16(19)10-20-13-4-2-1-3-5-13/h1-8,15H,10-11H2. The van der Waals surface area contributed by atoms with Crippen molar-refractivity contribution < 1.29 is 9.53 Å². The molecule has 0 saturated heterocycles. The first-order valence-corrected chi connectivity index (χ1v) is 7.64. The summed E-state index contributed by atoms with van der Waals surface area (Å²) in [6.07, 6.45) is 0. The van der Waals surface area contributed by atoms with Gasteiger partial charge in [-0.1, -0.05) is 18.2 Å². The molecule has 1 heterocycles. The van der Waals surface area contributed by atoms with E-state index in [0.717, 1.165) is 16.2 Å². The summed E-state index contributed by atoms with van der Waals surface area (Å²) >= 11 is 1.66. The molecule has 0 amide bonds. The normalized spacial score (nSPS) is 16.0. The zero-order chi connectivity index (χ0) is 14.7. The molecule has 0 aromatic heterocycles. The van der Waals surface area contributed by atoms with E-state index in [9.17, 15) is 4.79 Å². The molecule has 0 aliphatic carbocycles. The Morgan fingerprint density at radius 3 is 2.86 bits per heavy atom. The minimum atomic E-state index is -0.179. The van der Waals surface area contributed by atoms with E-state index in [1.165, 1.54) is 0 Å². The number of carbonyl (C=O) groups excluding carboxylic acids is 1. The fourth-order valence-electron chi connectivity index (χ4n) is 2.32. The van der Waals surface area contributed by atoms with Crippen molar-refractivity contribution in [1.82, 2.24) is 0 Å². The summed E-state index contributed by atoms with van der Waals surface area (Å²) in [5.41, 5.74) is 1.55. The Labute approximate surface area is 127 Å². The highest BCUT2D eigenvalue weighted by molar-refractivity contribution is 7.99. The summed E-state index contributed by atoms with van der Waals surface area (Å²) in [6, 6.07) is 17.0. The van der Waals surface area contributed by atoms with Gasteiger partial charge in [0.05, 0.1) is 17.6 Å². The molecule has 0 radical (unpaired) electrons. The smallest absolute Gasteiger partial charge is 0.178 e. The van der Waals surface area contributed by atoms with Crippen LogP contribution < -0.4 is 4.74 Å². The zero-order valence-corrected chi connectivity index (χ0v) is 12.1. The second-order valence-corrected chi connectivity index (χ2v) is 5.86. The lowest BCUT2D eigenvalue weighted by atomic mass is 9.96. The van der Waals surface area contributed by atoms with Crippen LogP contribution >= 0.6 is 11.8 Å². The predicted octanol–water partition coefficient (Wildman–Crippen LogP) is 3.40. The molecule has 2 aromatic carbocycles. The number of hydrogen-bond acceptors (Lipinski definition) is 4. The van der Waals surface area contributed by atoms with Crippen LogP contribution in [0, 0.1) is 11.3 Å². The van der Waals surface area contributed by atoms with Gasteiger partial charge >= 0.3 is 0 Å². The average molecular weight is 295 g/mol. The van der Waals surface area contributed by atoms with Gasteiger partial charge in [0.2, 0.25) is 0 Å². The number of fused-ring (bicyclic) bond motifs is 1. The van der Waals surface area contributed by atoms with Gasteiger partial charge in [-0.25, -0.2) is 0 Å². The first-order chi connectivity index (χ1) is 10.3. The van der Waals surface area contributed by atoms with Crippen LogP contribution in [0.4, 0.5) is 0 Å². The summed E-state index contributed by atoms with van der Waals surface area (Å²) in [4.78, 5) is 13.4. The number of ether oxygens (including phenoxy) is 1. The molecule has 104 valence electrons. The van der Waals surface area contributed by atoms with Crippen molar-refractivity contribution in [2.24, 2.45) is 0 Å². The molecule has 1 unspecified atom stereocenters. The molecular formula is C17H13NO2S. The van der Waals surface area contributed by atoms with Crippen LogP contribution in [0.3, 0.4) is 0 Å². The molecule has 3 rings (SSSR count). The third-order valence-corrected chi connectivity index (χ3v) is 4.62. The van der Waals surface area contributed by atoms with Gasteiger partial charge in [0.15, 0.2) is 5.78 Å². The lowest BCUT2D eigenvalue weighted by Gasteiger charge is -2.11. The second-order valence-electron chi connectivity index (χ2n) is 4.80. The van der Waals surface area contributed by atoms with E-state index in [1.54, 1.807) is 17.8 Å². The first-order valence-electron chi connectivity index (χ1n) is 6.65. The molecule has 1 aliphatic heterocycles. The van der Waals surface area contributed by atoms with Gasteiger partial charge in [0.25, 0.3) is 0 Å². The highest BCUT2D eigenvalue weighted by atomic mass is 32.2. The van der Waals surface area contributed by atoms with Gasteiger partial charge in [-0.3, -0.25) is 4.79 Å². The lowest BCUT2D eigenvalue weighted by Crippen LogP contribution is -2.20. The van der Waals surface area contributed by atoms with Crippen LogP contribution in [0.25, 0.3) is 0 Å². The number of thioether (sulfide) groups is 1. The van der Waals surface area contributed by atoms with Gasteiger partial charge in [-0.05, 0) is 35.9 Å². The summed E-state index contributed by atoms with van der Waals surface area (Å²) in [5.74, 6) is 1.30. The van der Waals surface area contributed by atoms with E-state index in [1.807, 2.05) is 42.5 Å². The number of nitriles is 1. The first kappa shape index (κ1) is 13.7. The minimum absolute atomic E-state index is 0.0557. The molecule has 3 nitrogen and oxygen atoms in total. The zero-order valence-electron chi connectivity index (χ0n) is 11.3. The fraction of sp³-hybridized carbons (Fsp3) is 0.176. The molecule has 0 N–H and O–H groups in total. The van der Waals surface area contributed by atoms with Crippen LogP contribution in [-0.2, 0) is 4.79 Å². The van der Waals surface area contributed by atoms with Crippen molar-refractivity contribution in [1.29, 1.82) is 5.26 Å². The van der Waals surface area contributed by atoms with Gasteiger partial charge < -0.3 is 4.74 Å². The van der Waals surface area contributed by atoms with E-state index in [4.69, 9.17) is 10.00 Å². The number of rotatable bonds is 4. The Hall–Kier alpha value is -2.25. The largest absolute Gasteiger partial charge is 0.486 e. The van der Waals surface area contributed by atoms with E-state index < -0.39 is 0 Å². The fourth-order valence-corrected chi connectivity index (χ4v) is 3.57. The number of nitrogens with zero attached hydrogens (tertiary/aromatic N) is 1. The van der Waals surface area contributed by atoms with Crippen molar-refractivity contribution in [3.05, 3.63) is 59.7 Å². The average Bonchev–Trinajstić information content (AvgIpc) is 2.96. The number of benzene rings is 2. The molecule has 21 heavy (non-hydrogen) atoms. The minimum Gasteiger partial charge on any atom is -0.486 e. The Morgan fingerprint density at radius 2 is 2.10 bits per heavy atom. The molecule has 2 aromatic rings. The molecular weight excluding hydrogens is 282 g/mol. The Balaban J connectivity index is 1.72. The molecule has 0 saturated carbocycles. The van der Waals surface area contributed by atoms with E-state index in [2.05, 4.69) is 6.07 Å². The van der Waals surface area contributed by atoms with Crippen molar-refractivity contribution in [2.45, 2.75) is 10.8 Å². The Bertz CT molecular complexity index is 706. The summed E-state index contributed by atoms with van der Waals surface area (Å²) in [7, 11) is 0. The van der Waals surface area contributed by atoms with Crippen molar-refractivity contribution in [3.8, 4) is 11.8 Å². The van der Waals surface area contributed by atoms with E-state index in [0.29, 0.717) is 11.3 Å². The number of ketones is 1. The van der Waals surface area contributed by atoms with Gasteiger partial charge in [-0.15, -0.1) is 11.8 Å². The molecule has 0 bridgehead atoms. The van der Waals surface area contributed by atoms with Crippen molar-refractivity contribution in [3.63, 3.8) is 0 Å². The number of Topliss-reactive ketones (excluding diaryl/α,β-unsaturated/α-hetero) is 1. The Morgan fingerprint density at radius 1 is 1.29 bits per heavy atom. The Kier molecular flexibility index (Phi) is 3.94. The number of hydrogen-bond donors (Lipinski definition) is 0. The van der Waals surface area contributed by atoms with E-state index in [-0.39, 0.29) is 18.3 Å². The number of para-hydroxylation sites is 1. The predicted molar refractivity (Wildman–Crippen MR) is 81.6 cm³/mol. The molecule has 1 atom stereocenters. The maximum atomic E-state index is 12.4. The van der Waals surface area contributed by atoms with Crippen LogP contribution in [0.5, 0.6) is 5.75 Å². The maximum Gasteiger partial charge on any atom is 0.178 e. The van der Waals surface area contributed by atoms with Crippen LogP contribution in [0.15, 0.2) is 53.4 Å². The summed E-state index contributed by atoms with van der Waals surface area (Å²) in [6.45, 7) is 0.0610. The van der Waals surface area contributed by atoms with Crippen LogP contribution in [0.1, 0.15) is 17.0 Å². The molecule has 0 spiro atoms. The monoisotopic (exact) mass is 295 g/mol. The maximum absolute atomic E-state index is 12.4. The van der Waals surface area contributed by atoms with Crippen LogP contribution in [-0.4, -0.2) is 18.1 Å². The second kappa shape index (κ2) is 6.02. The van der Waals surface area contributed by atoms with Crippen molar-refractivity contribution >= 4 is 17.5 Å². The SMILES string of the molecule is N#Cc1ccc2c(c1)C(C(=O)COc1ccccc1)CS2. The van der Waals surface area contributed by atoms with Gasteiger partial charge in [0.1, 0.15) is 12.4 Å². The number of carbonyl (C=O) groups is 1. The third-order valence-electron chi connectivity index (χ3n) is 3.43. The summed E-state index contributed by atoms with van der Waals surface area (Å²) in [5, 5.41) is 8.98. The lowest BCUT2D eigenvalue weighted by molar-refractivity contribution is -0.122. The van der Waals surface area contributed by atoms with Crippen molar-refractivity contribution in [2.75, 3.05) is 12.4 Å². The van der Waals surface area contributed by atoms with Gasteiger partial charge in [0, 0.05) is 10.6 Å². The highest BCUT2D eigenvalue weighted by Gasteiger charge is 2.29. The third kappa shape index (κ3) is 2.93. The molecule has 1 aliphatic rings. The highest BCUT2D eigenvalue weighted by Crippen LogP contribution is 2.40. The van der Waals surface area contributed by atoms with Gasteiger partial charge in [-0.2, -0.15) is 5.26 Å². The quantitative estimate of drug-likeness (QED) is 0.867. The molecule has 4 heteroatoms. The summed E-state index contributed by atoms with van der Waals surface area (Å²) < 4.78 is 5.53.